The largest absolute Gasteiger partial charge is 0.389 e. The van der Waals surface area contributed by atoms with Crippen molar-refractivity contribution >= 4 is 11.6 Å². The van der Waals surface area contributed by atoms with Crippen LogP contribution in [0.1, 0.15) is 24.3 Å². The quantitative estimate of drug-likeness (QED) is 0.704. The number of halogens is 1. The molecule has 2 rings (SSSR count). The second-order valence-electron chi connectivity index (χ2n) is 3.72. The molecule has 1 N–H and O–H groups in total. The van der Waals surface area contributed by atoms with E-state index in [0.29, 0.717) is 5.92 Å². The summed E-state index contributed by atoms with van der Waals surface area (Å²) in [5.74, 6) is 0.437. The number of aliphatic hydroxyl groups excluding tert-OH is 1. The molecule has 1 aliphatic rings. The van der Waals surface area contributed by atoms with Crippen molar-refractivity contribution in [2.45, 2.75) is 24.9 Å². The zero-order valence-electron chi connectivity index (χ0n) is 7.86. The van der Waals surface area contributed by atoms with Gasteiger partial charge >= 0.3 is 0 Å². The maximum atomic E-state index is 9.48. The van der Waals surface area contributed by atoms with E-state index in [1.807, 2.05) is 36.4 Å². The van der Waals surface area contributed by atoms with Gasteiger partial charge in [-0.2, -0.15) is 0 Å². The Morgan fingerprint density at radius 3 is 2.57 bits per heavy atom. The van der Waals surface area contributed by atoms with Crippen LogP contribution in [0, 0.1) is 0 Å². The van der Waals surface area contributed by atoms with E-state index in [1.54, 1.807) is 0 Å². The zero-order valence-corrected chi connectivity index (χ0v) is 8.61. The summed E-state index contributed by atoms with van der Waals surface area (Å²) < 4.78 is 0. The minimum absolute atomic E-state index is 0.288. The first-order valence-corrected chi connectivity index (χ1v) is 5.23. The maximum absolute atomic E-state index is 9.48. The number of benzene rings is 1. The molecule has 0 unspecified atom stereocenters. The summed E-state index contributed by atoms with van der Waals surface area (Å²) in [5, 5.41) is 10.2. The third kappa shape index (κ3) is 2.17. The van der Waals surface area contributed by atoms with Crippen molar-refractivity contribution in [1.29, 1.82) is 0 Å². The molecule has 0 aliphatic heterocycles. The van der Waals surface area contributed by atoms with Crippen LogP contribution in [0.3, 0.4) is 0 Å². The van der Waals surface area contributed by atoms with Crippen LogP contribution in [0.2, 0.25) is 5.02 Å². The van der Waals surface area contributed by atoms with Crippen molar-refractivity contribution in [3.05, 3.63) is 47.0 Å². The molecule has 0 amide bonds. The SMILES string of the molecule is O[C@H]1C=CC[C@@H](c2ccc(Cl)cc2)C1. The lowest BCUT2D eigenvalue weighted by Gasteiger charge is -2.21. The van der Waals surface area contributed by atoms with Gasteiger partial charge in [0.1, 0.15) is 0 Å². The fourth-order valence-electron chi connectivity index (χ4n) is 1.87. The average molecular weight is 209 g/mol. The second kappa shape index (κ2) is 4.16. The molecule has 2 heteroatoms. The average Bonchev–Trinajstić information content (AvgIpc) is 2.19. The van der Waals surface area contributed by atoms with E-state index in [0.717, 1.165) is 17.9 Å². The molecule has 0 saturated carbocycles. The summed E-state index contributed by atoms with van der Waals surface area (Å²) in [4.78, 5) is 0. The van der Waals surface area contributed by atoms with Crippen molar-refractivity contribution < 1.29 is 5.11 Å². The highest BCUT2D eigenvalue weighted by Crippen LogP contribution is 2.29. The van der Waals surface area contributed by atoms with Gasteiger partial charge in [0.2, 0.25) is 0 Å². The first-order valence-electron chi connectivity index (χ1n) is 4.86. The van der Waals surface area contributed by atoms with Crippen LogP contribution in [-0.2, 0) is 0 Å². The van der Waals surface area contributed by atoms with Crippen LogP contribution in [0.4, 0.5) is 0 Å². The fraction of sp³-hybridized carbons (Fsp3) is 0.333. The van der Waals surface area contributed by atoms with Gasteiger partial charge in [0.25, 0.3) is 0 Å². The number of allylic oxidation sites excluding steroid dienone is 1. The predicted octanol–water partition coefficient (Wildman–Crippen LogP) is 3.13. The van der Waals surface area contributed by atoms with Gasteiger partial charge in [0.15, 0.2) is 0 Å². The van der Waals surface area contributed by atoms with Gasteiger partial charge in [-0.3, -0.25) is 0 Å². The molecule has 0 saturated heterocycles. The first-order chi connectivity index (χ1) is 6.75. The Morgan fingerprint density at radius 1 is 1.21 bits per heavy atom. The molecule has 0 aromatic heterocycles. The summed E-state index contributed by atoms with van der Waals surface area (Å²) in [5.41, 5.74) is 1.26. The second-order valence-corrected chi connectivity index (χ2v) is 4.15. The molecule has 0 spiro atoms. The third-order valence-electron chi connectivity index (χ3n) is 2.65. The Labute approximate surface area is 89.0 Å². The Hall–Kier alpha value is -0.790. The predicted molar refractivity (Wildman–Crippen MR) is 58.6 cm³/mol. The van der Waals surface area contributed by atoms with Crippen molar-refractivity contribution in [1.82, 2.24) is 0 Å². The van der Waals surface area contributed by atoms with Crippen molar-refractivity contribution in [3.63, 3.8) is 0 Å². The van der Waals surface area contributed by atoms with Crippen LogP contribution in [0.25, 0.3) is 0 Å². The van der Waals surface area contributed by atoms with Crippen LogP contribution >= 0.6 is 11.6 Å². The van der Waals surface area contributed by atoms with E-state index >= 15 is 0 Å². The van der Waals surface area contributed by atoms with Crippen LogP contribution in [-0.4, -0.2) is 11.2 Å². The van der Waals surface area contributed by atoms with Crippen LogP contribution in [0.15, 0.2) is 36.4 Å². The van der Waals surface area contributed by atoms with Gasteiger partial charge in [-0.05, 0) is 36.5 Å². The van der Waals surface area contributed by atoms with Gasteiger partial charge in [-0.15, -0.1) is 0 Å². The molecule has 2 atom stereocenters. The fourth-order valence-corrected chi connectivity index (χ4v) is 2.00. The third-order valence-corrected chi connectivity index (χ3v) is 2.90. The van der Waals surface area contributed by atoms with E-state index in [1.165, 1.54) is 5.56 Å². The van der Waals surface area contributed by atoms with Crippen molar-refractivity contribution in [2.75, 3.05) is 0 Å². The zero-order chi connectivity index (χ0) is 9.97. The summed E-state index contributed by atoms with van der Waals surface area (Å²) in [6, 6.07) is 7.89. The van der Waals surface area contributed by atoms with Crippen LogP contribution < -0.4 is 0 Å². The Kier molecular flexibility index (Phi) is 2.90. The maximum Gasteiger partial charge on any atom is 0.0726 e. The summed E-state index contributed by atoms with van der Waals surface area (Å²) >= 11 is 5.82. The molecule has 1 aliphatic carbocycles. The van der Waals surface area contributed by atoms with Crippen molar-refractivity contribution in [2.24, 2.45) is 0 Å². The van der Waals surface area contributed by atoms with Crippen LogP contribution in [0.5, 0.6) is 0 Å². The van der Waals surface area contributed by atoms with Gasteiger partial charge < -0.3 is 5.11 Å². The highest BCUT2D eigenvalue weighted by molar-refractivity contribution is 6.30. The van der Waals surface area contributed by atoms with Gasteiger partial charge in [0.05, 0.1) is 6.10 Å². The molecular weight excluding hydrogens is 196 g/mol. The molecule has 0 fully saturated rings. The van der Waals surface area contributed by atoms with E-state index < -0.39 is 0 Å². The summed E-state index contributed by atoms with van der Waals surface area (Å²) in [6.07, 6.45) is 5.46. The van der Waals surface area contributed by atoms with Gasteiger partial charge in [-0.25, -0.2) is 0 Å². The molecular formula is C12H13ClO. The lowest BCUT2D eigenvalue weighted by atomic mass is 9.87. The minimum atomic E-state index is -0.288. The Balaban J connectivity index is 2.15. The molecule has 14 heavy (non-hydrogen) atoms. The molecule has 1 nitrogen and oxygen atoms in total. The van der Waals surface area contributed by atoms with Gasteiger partial charge in [-0.1, -0.05) is 35.9 Å². The number of hydrogen-bond donors (Lipinski definition) is 1. The Morgan fingerprint density at radius 2 is 1.93 bits per heavy atom. The topological polar surface area (TPSA) is 20.2 Å². The normalized spacial score (nSPS) is 26.4. The van der Waals surface area contributed by atoms with E-state index in [4.69, 9.17) is 11.6 Å². The highest BCUT2D eigenvalue weighted by Gasteiger charge is 2.17. The van der Waals surface area contributed by atoms with Gasteiger partial charge in [0, 0.05) is 5.02 Å². The van der Waals surface area contributed by atoms with E-state index in [-0.39, 0.29) is 6.10 Å². The molecule has 0 heterocycles. The highest BCUT2D eigenvalue weighted by atomic mass is 35.5. The van der Waals surface area contributed by atoms with Crippen molar-refractivity contribution in [3.8, 4) is 0 Å². The smallest absolute Gasteiger partial charge is 0.0726 e. The monoisotopic (exact) mass is 208 g/mol. The lowest BCUT2D eigenvalue weighted by Crippen LogP contribution is -2.13. The minimum Gasteiger partial charge on any atom is -0.389 e. The number of hydrogen-bond acceptors (Lipinski definition) is 1. The molecule has 1 aromatic carbocycles. The molecule has 0 bridgehead atoms. The molecule has 0 radical (unpaired) electrons. The summed E-state index contributed by atoms with van der Waals surface area (Å²) in [6.45, 7) is 0. The number of rotatable bonds is 1. The molecule has 74 valence electrons. The summed E-state index contributed by atoms with van der Waals surface area (Å²) in [7, 11) is 0. The lowest BCUT2D eigenvalue weighted by molar-refractivity contribution is 0.195. The first kappa shape index (κ1) is 9.75. The molecule has 1 aromatic rings. The Bertz CT molecular complexity index is 329. The van der Waals surface area contributed by atoms with E-state index in [2.05, 4.69) is 0 Å². The van der Waals surface area contributed by atoms with E-state index in [9.17, 15) is 5.11 Å². The standard InChI is InChI=1S/C12H13ClO/c13-11-6-4-9(5-7-11)10-2-1-3-12(14)8-10/h1,3-7,10,12,14H,2,8H2/t10-,12+/m1/s1. The number of aliphatic hydroxyl groups is 1.